The second kappa shape index (κ2) is 8.64. The number of anilines is 1. The number of thioether (sulfide) groups is 1. The molecule has 30 heavy (non-hydrogen) atoms. The smallest absolute Gasteiger partial charge is 0.290 e. The number of aliphatic hydroxyl groups excluding tert-OH is 1. The van der Waals surface area contributed by atoms with E-state index in [4.69, 9.17) is 0 Å². The Hall–Kier alpha value is -3.24. The van der Waals surface area contributed by atoms with Crippen LogP contribution in [0.25, 0.3) is 6.08 Å². The van der Waals surface area contributed by atoms with Crippen LogP contribution in [0.1, 0.15) is 11.3 Å². The van der Waals surface area contributed by atoms with Crippen molar-refractivity contribution in [2.45, 2.75) is 12.6 Å². The molecular weight excluding hydrogens is 406 g/mol. The minimum Gasteiger partial charge on any atom is -0.394 e. The van der Waals surface area contributed by atoms with Gasteiger partial charge in [0, 0.05) is 19.3 Å². The van der Waals surface area contributed by atoms with Crippen molar-refractivity contribution >= 4 is 40.8 Å². The molecule has 2 fully saturated rings. The largest absolute Gasteiger partial charge is 0.394 e. The van der Waals surface area contributed by atoms with Crippen LogP contribution >= 0.6 is 11.8 Å². The van der Waals surface area contributed by atoms with Gasteiger partial charge in [0.25, 0.3) is 11.1 Å². The Morgan fingerprint density at radius 2 is 2.00 bits per heavy atom. The Morgan fingerprint density at radius 3 is 2.70 bits per heavy atom. The number of rotatable bonds is 5. The van der Waals surface area contributed by atoms with E-state index >= 15 is 0 Å². The number of carbonyl (C=O) groups excluding carboxylic acids is 3. The summed E-state index contributed by atoms with van der Waals surface area (Å²) in [6.07, 6.45) is 3.04. The number of amides is 3. The van der Waals surface area contributed by atoms with E-state index in [1.807, 2.05) is 30.3 Å². The lowest BCUT2D eigenvalue weighted by Crippen LogP contribution is -2.57. The van der Waals surface area contributed by atoms with Crippen LogP contribution in [-0.2, 0) is 16.1 Å². The van der Waals surface area contributed by atoms with Gasteiger partial charge < -0.3 is 14.9 Å². The van der Waals surface area contributed by atoms with Crippen LogP contribution in [-0.4, -0.2) is 62.8 Å². The number of benzene rings is 1. The van der Waals surface area contributed by atoms with Crippen LogP contribution in [0, 0.1) is 0 Å². The van der Waals surface area contributed by atoms with Crippen LogP contribution in [0.4, 0.5) is 10.7 Å². The summed E-state index contributed by atoms with van der Waals surface area (Å²) in [6, 6.07) is 10.8. The molecule has 0 spiro atoms. The molecule has 154 valence electrons. The molecular formula is C20H19N5O4S. The second-order valence-corrected chi connectivity index (χ2v) is 7.87. The van der Waals surface area contributed by atoms with Gasteiger partial charge in [-0.3, -0.25) is 19.7 Å². The van der Waals surface area contributed by atoms with Gasteiger partial charge in [-0.25, -0.2) is 9.97 Å². The maximum Gasteiger partial charge on any atom is 0.290 e. The molecule has 3 heterocycles. The van der Waals surface area contributed by atoms with Gasteiger partial charge in [0.2, 0.25) is 11.9 Å². The van der Waals surface area contributed by atoms with Crippen LogP contribution in [0.3, 0.4) is 0 Å². The molecule has 2 N–H and O–H groups in total. The third kappa shape index (κ3) is 4.34. The first-order valence-electron chi connectivity index (χ1n) is 9.30. The molecule has 2 saturated heterocycles. The summed E-state index contributed by atoms with van der Waals surface area (Å²) in [6.45, 7) is 0.698. The van der Waals surface area contributed by atoms with Gasteiger partial charge >= 0.3 is 0 Å². The molecule has 2 aromatic rings. The zero-order valence-electron chi connectivity index (χ0n) is 15.9. The molecule has 9 nitrogen and oxygen atoms in total. The lowest BCUT2D eigenvalue weighted by atomic mass is 10.1. The minimum absolute atomic E-state index is 0.0804. The highest BCUT2D eigenvalue weighted by atomic mass is 32.2. The molecule has 2 aliphatic rings. The number of aliphatic hydroxyl groups is 1. The summed E-state index contributed by atoms with van der Waals surface area (Å²) in [5.74, 6) is -0.270. The van der Waals surface area contributed by atoms with Crippen molar-refractivity contribution in [3.63, 3.8) is 0 Å². The van der Waals surface area contributed by atoms with E-state index < -0.39 is 17.2 Å². The Bertz CT molecular complexity index is 1010. The van der Waals surface area contributed by atoms with Gasteiger partial charge in [-0.15, -0.1) is 0 Å². The van der Waals surface area contributed by atoms with Crippen molar-refractivity contribution in [3.8, 4) is 0 Å². The number of imide groups is 1. The van der Waals surface area contributed by atoms with Crippen molar-refractivity contribution in [1.82, 2.24) is 20.2 Å². The highest BCUT2D eigenvalue weighted by molar-refractivity contribution is 8.18. The van der Waals surface area contributed by atoms with Gasteiger partial charge in [-0.1, -0.05) is 30.3 Å². The Kier molecular flexibility index (Phi) is 5.77. The first-order valence-corrected chi connectivity index (χ1v) is 10.1. The van der Waals surface area contributed by atoms with E-state index in [9.17, 15) is 19.5 Å². The van der Waals surface area contributed by atoms with Crippen LogP contribution in [0.2, 0.25) is 0 Å². The topological polar surface area (TPSA) is 116 Å². The molecule has 0 saturated carbocycles. The predicted octanol–water partition coefficient (Wildman–Crippen LogP) is 1.01. The molecule has 1 unspecified atom stereocenters. The number of aromatic nitrogens is 2. The number of hydrogen-bond acceptors (Lipinski definition) is 8. The number of carbonyl (C=O) groups is 3. The fraction of sp³-hybridized carbons (Fsp3) is 0.250. The van der Waals surface area contributed by atoms with Crippen molar-refractivity contribution < 1.29 is 19.5 Å². The monoisotopic (exact) mass is 425 g/mol. The maximum atomic E-state index is 12.8. The van der Waals surface area contributed by atoms with Crippen LogP contribution in [0.5, 0.6) is 0 Å². The molecule has 0 aliphatic carbocycles. The average Bonchev–Trinajstić information content (AvgIpc) is 3.06. The van der Waals surface area contributed by atoms with Crippen LogP contribution < -0.4 is 10.2 Å². The summed E-state index contributed by atoms with van der Waals surface area (Å²) in [7, 11) is 0. The number of nitrogens with zero attached hydrogens (tertiary/aromatic N) is 4. The van der Waals surface area contributed by atoms with E-state index in [0.29, 0.717) is 24.7 Å². The third-order valence-electron chi connectivity index (χ3n) is 4.79. The molecule has 0 radical (unpaired) electrons. The second-order valence-electron chi connectivity index (χ2n) is 6.86. The zero-order valence-corrected chi connectivity index (χ0v) is 16.7. The summed E-state index contributed by atoms with van der Waals surface area (Å²) in [4.78, 5) is 48.1. The average molecular weight is 425 g/mol. The Balaban J connectivity index is 1.51. The van der Waals surface area contributed by atoms with Crippen molar-refractivity contribution in [1.29, 1.82) is 0 Å². The molecule has 1 atom stereocenters. The van der Waals surface area contributed by atoms with E-state index in [1.54, 1.807) is 15.9 Å². The molecule has 1 aromatic carbocycles. The van der Waals surface area contributed by atoms with E-state index in [2.05, 4.69) is 15.3 Å². The first-order chi connectivity index (χ1) is 14.5. The molecule has 2 aliphatic heterocycles. The van der Waals surface area contributed by atoms with E-state index in [1.165, 1.54) is 12.3 Å². The number of nitrogens with one attached hydrogen (secondary N) is 1. The number of piperazine rings is 1. The predicted molar refractivity (Wildman–Crippen MR) is 111 cm³/mol. The lowest BCUT2D eigenvalue weighted by Gasteiger charge is -2.40. The fourth-order valence-corrected chi connectivity index (χ4v) is 4.00. The molecule has 4 rings (SSSR count). The van der Waals surface area contributed by atoms with Crippen molar-refractivity contribution in [2.75, 3.05) is 24.6 Å². The van der Waals surface area contributed by atoms with Gasteiger partial charge in [0.05, 0.1) is 23.2 Å². The summed E-state index contributed by atoms with van der Waals surface area (Å²) < 4.78 is 0. The van der Waals surface area contributed by atoms with Crippen molar-refractivity contribution in [3.05, 3.63) is 58.8 Å². The lowest BCUT2D eigenvalue weighted by molar-refractivity contribution is -0.135. The Labute approximate surface area is 176 Å². The number of hydrogen-bond donors (Lipinski definition) is 2. The zero-order chi connectivity index (χ0) is 21.1. The summed E-state index contributed by atoms with van der Waals surface area (Å²) >= 11 is 0.809. The highest BCUT2D eigenvalue weighted by Crippen LogP contribution is 2.25. The summed E-state index contributed by atoms with van der Waals surface area (Å²) in [5, 5.41) is 11.6. The molecule has 1 aromatic heterocycles. The van der Waals surface area contributed by atoms with Gasteiger partial charge in [0.1, 0.15) is 6.54 Å². The van der Waals surface area contributed by atoms with Gasteiger partial charge in [0.15, 0.2) is 0 Å². The normalized spacial score (nSPS) is 20.8. The van der Waals surface area contributed by atoms with Crippen molar-refractivity contribution in [2.24, 2.45) is 0 Å². The molecule has 10 heteroatoms. The van der Waals surface area contributed by atoms with E-state index in [-0.39, 0.29) is 24.0 Å². The Morgan fingerprint density at radius 1 is 1.20 bits per heavy atom. The standard InChI is InChI=1S/C20H19N5O4S/c26-12-15-10-24(11-17(27)25(15)9-13-4-2-1-3-5-13)19-21-7-6-14(22-19)8-16-18(28)23-20(29)30-16/h1-8,15,26H,9-12H2,(H,23,28,29). The fourth-order valence-electron chi connectivity index (χ4n) is 3.33. The van der Waals surface area contributed by atoms with E-state index in [0.717, 1.165) is 17.3 Å². The SMILES string of the molecule is O=C1NC(=O)C(=Cc2ccnc(N3CC(=O)N(Cc4ccccc4)C(CO)C3)n2)S1. The van der Waals surface area contributed by atoms with Crippen LogP contribution in [0.15, 0.2) is 47.5 Å². The highest BCUT2D eigenvalue weighted by Gasteiger charge is 2.33. The first kappa shape index (κ1) is 20.0. The quantitative estimate of drug-likeness (QED) is 0.682. The van der Waals surface area contributed by atoms with Gasteiger partial charge in [-0.05, 0) is 29.5 Å². The molecule has 3 amide bonds. The maximum absolute atomic E-state index is 12.8. The minimum atomic E-state index is -0.463. The molecule has 0 bridgehead atoms. The third-order valence-corrected chi connectivity index (χ3v) is 5.60. The summed E-state index contributed by atoms with van der Waals surface area (Å²) in [5.41, 5.74) is 1.44. The van der Waals surface area contributed by atoms with Gasteiger partial charge in [-0.2, -0.15) is 0 Å².